The van der Waals surface area contributed by atoms with E-state index in [9.17, 15) is 9.90 Å². The standard InChI is InChI=1S/C21H26N2O4/c1-14-9-11-16(13-17(14)20(26)27-21(2,3)4)22-23-18-8-6-5-7-15(18)10-12-19(24)25/h5-9,11,13,20,26H,10,12H2,1-4H3,(H,24,25). The van der Waals surface area contributed by atoms with Crippen molar-refractivity contribution in [1.29, 1.82) is 0 Å². The van der Waals surface area contributed by atoms with E-state index in [0.29, 0.717) is 23.4 Å². The summed E-state index contributed by atoms with van der Waals surface area (Å²) >= 11 is 0. The summed E-state index contributed by atoms with van der Waals surface area (Å²) in [5.41, 5.74) is 3.10. The number of hydrogen-bond acceptors (Lipinski definition) is 5. The van der Waals surface area contributed by atoms with Crippen LogP contribution in [0.1, 0.15) is 50.2 Å². The molecule has 0 saturated heterocycles. The van der Waals surface area contributed by atoms with Crippen LogP contribution in [0.2, 0.25) is 0 Å². The number of carbonyl (C=O) groups is 1. The van der Waals surface area contributed by atoms with Crippen molar-refractivity contribution >= 4 is 17.3 Å². The first kappa shape index (κ1) is 20.7. The van der Waals surface area contributed by atoms with E-state index in [2.05, 4.69) is 10.2 Å². The van der Waals surface area contributed by atoms with Crippen molar-refractivity contribution < 1.29 is 19.7 Å². The van der Waals surface area contributed by atoms with Crippen molar-refractivity contribution in [3.8, 4) is 0 Å². The zero-order chi connectivity index (χ0) is 20.0. The molecule has 0 heterocycles. The Kier molecular flexibility index (Phi) is 6.82. The third-order valence-electron chi connectivity index (χ3n) is 3.87. The minimum Gasteiger partial charge on any atom is -0.481 e. The van der Waals surface area contributed by atoms with Crippen molar-refractivity contribution in [2.75, 3.05) is 0 Å². The number of aliphatic carboxylic acids is 1. The molecule has 2 aromatic rings. The molecule has 0 aliphatic heterocycles. The highest BCUT2D eigenvalue weighted by molar-refractivity contribution is 5.67. The molecule has 0 saturated carbocycles. The molecule has 0 amide bonds. The highest BCUT2D eigenvalue weighted by Gasteiger charge is 2.19. The van der Waals surface area contributed by atoms with Crippen LogP contribution in [0.3, 0.4) is 0 Å². The molecule has 1 unspecified atom stereocenters. The number of azo groups is 1. The minimum absolute atomic E-state index is 0.0392. The van der Waals surface area contributed by atoms with Gasteiger partial charge in [-0.25, -0.2) is 0 Å². The topological polar surface area (TPSA) is 91.5 Å². The number of aliphatic hydroxyl groups excluding tert-OH is 1. The van der Waals surface area contributed by atoms with Crippen molar-refractivity contribution in [2.24, 2.45) is 10.2 Å². The number of hydrogen-bond donors (Lipinski definition) is 2. The molecule has 6 heteroatoms. The Labute approximate surface area is 159 Å². The number of ether oxygens (including phenoxy) is 1. The summed E-state index contributed by atoms with van der Waals surface area (Å²) in [6.07, 6.45) is -0.623. The fourth-order valence-corrected chi connectivity index (χ4v) is 2.53. The molecule has 2 N–H and O–H groups in total. The largest absolute Gasteiger partial charge is 0.481 e. The van der Waals surface area contributed by atoms with Gasteiger partial charge in [-0.3, -0.25) is 4.79 Å². The molecule has 2 aromatic carbocycles. The Morgan fingerprint density at radius 3 is 2.52 bits per heavy atom. The maximum atomic E-state index is 10.8. The molecule has 0 radical (unpaired) electrons. The second-order valence-electron chi connectivity index (χ2n) is 7.35. The molecule has 1 atom stereocenters. The van der Waals surface area contributed by atoms with Crippen molar-refractivity contribution in [3.63, 3.8) is 0 Å². The van der Waals surface area contributed by atoms with Gasteiger partial charge in [0.1, 0.15) is 0 Å². The lowest BCUT2D eigenvalue weighted by atomic mass is 10.1. The van der Waals surface area contributed by atoms with Crippen LogP contribution in [0.25, 0.3) is 0 Å². The summed E-state index contributed by atoms with van der Waals surface area (Å²) in [5.74, 6) is -0.849. The van der Waals surface area contributed by atoms with Gasteiger partial charge in [0, 0.05) is 12.0 Å². The second-order valence-corrected chi connectivity index (χ2v) is 7.35. The van der Waals surface area contributed by atoms with E-state index in [0.717, 1.165) is 11.1 Å². The molecule has 0 spiro atoms. The summed E-state index contributed by atoms with van der Waals surface area (Å²) in [5, 5.41) is 27.8. The number of carboxylic acids is 1. The summed E-state index contributed by atoms with van der Waals surface area (Å²) in [6.45, 7) is 7.53. The van der Waals surface area contributed by atoms with Crippen LogP contribution < -0.4 is 0 Å². The molecule has 0 aliphatic rings. The lowest BCUT2D eigenvalue weighted by Gasteiger charge is -2.25. The van der Waals surface area contributed by atoms with Crippen LogP contribution in [0.5, 0.6) is 0 Å². The number of benzene rings is 2. The summed E-state index contributed by atoms with van der Waals surface area (Å²) in [6, 6.07) is 12.7. The first-order valence-corrected chi connectivity index (χ1v) is 8.83. The number of aryl methyl sites for hydroxylation is 2. The van der Waals surface area contributed by atoms with E-state index < -0.39 is 17.9 Å². The van der Waals surface area contributed by atoms with E-state index in [1.807, 2.05) is 58.0 Å². The van der Waals surface area contributed by atoms with Gasteiger partial charge in [0.2, 0.25) is 0 Å². The molecule has 2 rings (SSSR count). The second kappa shape index (κ2) is 8.88. The van der Waals surface area contributed by atoms with Crippen molar-refractivity contribution in [2.45, 2.75) is 52.4 Å². The Morgan fingerprint density at radius 1 is 1.15 bits per heavy atom. The van der Waals surface area contributed by atoms with Crippen molar-refractivity contribution in [3.05, 3.63) is 59.2 Å². The summed E-state index contributed by atoms with van der Waals surface area (Å²) in [7, 11) is 0. The van der Waals surface area contributed by atoms with E-state index in [1.165, 1.54) is 0 Å². The van der Waals surface area contributed by atoms with Crippen LogP contribution in [0.15, 0.2) is 52.7 Å². The fraction of sp³-hybridized carbons (Fsp3) is 0.381. The zero-order valence-corrected chi connectivity index (χ0v) is 16.1. The smallest absolute Gasteiger partial charge is 0.303 e. The fourth-order valence-electron chi connectivity index (χ4n) is 2.53. The molecule has 6 nitrogen and oxygen atoms in total. The van der Waals surface area contributed by atoms with Gasteiger partial charge in [0.25, 0.3) is 0 Å². The average Bonchev–Trinajstić information content (AvgIpc) is 2.58. The quantitative estimate of drug-likeness (QED) is 0.515. The normalized spacial score (nSPS) is 13.1. The highest BCUT2D eigenvalue weighted by Crippen LogP contribution is 2.29. The van der Waals surface area contributed by atoms with Crippen LogP contribution in [-0.4, -0.2) is 21.8 Å². The van der Waals surface area contributed by atoms with Crippen molar-refractivity contribution in [1.82, 2.24) is 0 Å². The van der Waals surface area contributed by atoms with Crippen LogP contribution in [-0.2, 0) is 16.0 Å². The maximum Gasteiger partial charge on any atom is 0.303 e. The monoisotopic (exact) mass is 370 g/mol. The number of rotatable bonds is 7. The SMILES string of the molecule is Cc1ccc(N=Nc2ccccc2CCC(=O)O)cc1C(O)OC(C)(C)C. The molecule has 27 heavy (non-hydrogen) atoms. The Bertz CT molecular complexity index is 825. The molecule has 0 bridgehead atoms. The van der Waals surface area contributed by atoms with Gasteiger partial charge in [0.05, 0.1) is 17.0 Å². The lowest BCUT2D eigenvalue weighted by Crippen LogP contribution is -2.22. The van der Waals surface area contributed by atoms with E-state index in [-0.39, 0.29) is 6.42 Å². The highest BCUT2D eigenvalue weighted by atomic mass is 16.6. The molecular weight excluding hydrogens is 344 g/mol. The van der Waals surface area contributed by atoms with Gasteiger partial charge in [-0.2, -0.15) is 10.2 Å². The van der Waals surface area contributed by atoms with E-state index in [1.54, 1.807) is 12.1 Å². The zero-order valence-electron chi connectivity index (χ0n) is 16.1. The lowest BCUT2D eigenvalue weighted by molar-refractivity contribution is -0.169. The third-order valence-corrected chi connectivity index (χ3v) is 3.87. The Morgan fingerprint density at radius 2 is 1.85 bits per heavy atom. The molecule has 0 aromatic heterocycles. The van der Waals surface area contributed by atoms with Gasteiger partial charge in [-0.1, -0.05) is 24.3 Å². The van der Waals surface area contributed by atoms with Crippen LogP contribution in [0, 0.1) is 6.92 Å². The first-order chi connectivity index (χ1) is 12.7. The Hall–Kier alpha value is -2.57. The summed E-state index contributed by atoms with van der Waals surface area (Å²) in [4.78, 5) is 10.8. The van der Waals surface area contributed by atoms with E-state index >= 15 is 0 Å². The van der Waals surface area contributed by atoms with Gasteiger partial charge in [-0.15, -0.1) is 0 Å². The van der Waals surface area contributed by atoms with Crippen LogP contribution >= 0.6 is 0 Å². The average molecular weight is 370 g/mol. The maximum absolute atomic E-state index is 10.8. The molecule has 144 valence electrons. The predicted octanol–water partition coefficient (Wildman–Crippen LogP) is 5.23. The summed E-state index contributed by atoms with van der Waals surface area (Å²) < 4.78 is 5.62. The third kappa shape index (κ3) is 6.58. The van der Waals surface area contributed by atoms with Gasteiger partial charge >= 0.3 is 5.97 Å². The van der Waals surface area contributed by atoms with Gasteiger partial charge < -0.3 is 14.9 Å². The Balaban J connectivity index is 2.23. The van der Waals surface area contributed by atoms with Crippen LogP contribution in [0.4, 0.5) is 11.4 Å². The predicted molar refractivity (Wildman–Crippen MR) is 104 cm³/mol. The van der Waals surface area contributed by atoms with E-state index in [4.69, 9.17) is 9.84 Å². The number of aliphatic hydroxyl groups is 1. The van der Waals surface area contributed by atoms with Gasteiger partial charge in [-0.05, 0) is 63.4 Å². The number of carboxylic acid groups (broad SMARTS) is 1. The minimum atomic E-state index is -1.05. The molecule has 0 aliphatic carbocycles. The molecule has 0 fully saturated rings. The number of nitrogens with zero attached hydrogens (tertiary/aromatic N) is 2. The van der Waals surface area contributed by atoms with Gasteiger partial charge in [0.15, 0.2) is 6.29 Å². The molecular formula is C21H26N2O4. The first-order valence-electron chi connectivity index (χ1n) is 8.83.